The second-order valence-electron chi connectivity index (χ2n) is 3.99. The van der Waals surface area contributed by atoms with Crippen molar-refractivity contribution in [3.63, 3.8) is 0 Å². The Morgan fingerprint density at radius 1 is 1.21 bits per heavy atom. The van der Waals surface area contributed by atoms with Crippen LogP contribution in [-0.2, 0) is 0 Å². The van der Waals surface area contributed by atoms with E-state index in [-0.39, 0.29) is 11.3 Å². The average molecular weight is 323 g/mol. The van der Waals surface area contributed by atoms with Gasteiger partial charge in [0.25, 0.3) is 0 Å². The van der Waals surface area contributed by atoms with Crippen LogP contribution in [0.15, 0.2) is 34.8 Å². The number of anilines is 2. The van der Waals surface area contributed by atoms with Gasteiger partial charge in [-0.1, -0.05) is 12.1 Å². The summed E-state index contributed by atoms with van der Waals surface area (Å²) in [6, 6.07) is 9.05. The molecule has 0 saturated heterocycles. The van der Waals surface area contributed by atoms with E-state index in [4.69, 9.17) is 5.26 Å². The van der Waals surface area contributed by atoms with Gasteiger partial charge in [0.1, 0.15) is 5.69 Å². The van der Waals surface area contributed by atoms with Gasteiger partial charge in [0.2, 0.25) is 0 Å². The molecular formula is C14H9BrF2N2. The van der Waals surface area contributed by atoms with Crippen LogP contribution in [0.2, 0.25) is 0 Å². The van der Waals surface area contributed by atoms with Crippen LogP contribution in [0.4, 0.5) is 20.2 Å². The molecule has 2 rings (SSSR count). The molecular weight excluding hydrogens is 314 g/mol. The zero-order chi connectivity index (χ0) is 14.0. The Balaban J connectivity index is 2.45. The van der Waals surface area contributed by atoms with Crippen LogP contribution in [0.5, 0.6) is 0 Å². The first-order valence-electron chi connectivity index (χ1n) is 5.44. The molecule has 0 bridgehead atoms. The first-order chi connectivity index (χ1) is 9.02. The van der Waals surface area contributed by atoms with Crippen LogP contribution >= 0.6 is 15.9 Å². The number of hydrogen-bond acceptors (Lipinski definition) is 2. The van der Waals surface area contributed by atoms with Gasteiger partial charge in [0, 0.05) is 4.47 Å². The summed E-state index contributed by atoms with van der Waals surface area (Å²) in [5.41, 5.74) is 1.18. The Morgan fingerprint density at radius 2 is 1.84 bits per heavy atom. The van der Waals surface area contributed by atoms with E-state index in [2.05, 4.69) is 21.2 Å². The molecule has 2 nitrogen and oxygen atoms in total. The summed E-state index contributed by atoms with van der Waals surface area (Å²) in [7, 11) is 0. The molecule has 0 fully saturated rings. The third-order valence-electron chi connectivity index (χ3n) is 2.62. The maximum absolute atomic E-state index is 13.7. The van der Waals surface area contributed by atoms with Crippen LogP contribution in [0.3, 0.4) is 0 Å². The van der Waals surface area contributed by atoms with Crippen LogP contribution in [-0.4, -0.2) is 0 Å². The van der Waals surface area contributed by atoms with Gasteiger partial charge in [-0.05, 0) is 46.6 Å². The first-order valence-corrected chi connectivity index (χ1v) is 6.23. The first kappa shape index (κ1) is 13.5. The molecule has 0 amide bonds. The van der Waals surface area contributed by atoms with E-state index in [9.17, 15) is 8.78 Å². The lowest BCUT2D eigenvalue weighted by molar-refractivity contribution is 0.590. The molecule has 19 heavy (non-hydrogen) atoms. The van der Waals surface area contributed by atoms with Crippen LogP contribution < -0.4 is 5.32 Å². The Morgan fingerprint density at radius 3 is 2.42 bits per heavy atom. The highest BCUT2D eigenvalue weighted by molar-refractivity contribution is 9.10. The summed E-state index contributed by atoms with van der Waals surface area (Å²) in [5.74, 6) is -1.60. The summed E-state index contributed by atoms with van der Waals surface area (Å²) < 4.78 is 28.2. The van der Waals surface area contributed by atoms with Crippen LogP contribution in [0.25, 0.3) is 0 Å². The Bertz CT molecular complexity index is 655. The van der Waals surface area contributed by atoms with E-state index in [0.717, 1.165) is 22.2 Å². The predicted molar refractivity (Wildman–Crippen MR) is 73.2 cm³/mol. The maximum Gasteiger partial charge on any atom is 0.150 e. The minimum Gasteiger partial charge on any atom is -0.350 e. The molecule has 2 aromatic carbocycles. The molecule has 0 unspecified atom stereocenters. The number of nitrogens with zero attached hydrogens (tertiary/aromatic N) is 1. The lowest BCUT2D eigenvalue weighted by Gasteiger charge is -2.12. The van der Waals surface area contributed by atoms with Crippen molar-refractivity contribution in [1.82, 2.24) is 0 Å². The van der Waals surface area contributed by atoms with Crippen molar-refractivity contribution in [3.8, 4) is 6.07 Å². The zero-order valence-electron chi connectivity index (χ0n) is 9.97. The molecule has 96 valence electrons. The van der Waals surface area contributed by atoms with E-state index >= 15 is 0 Å². The summed E-state index contributed by atoms with van der Waals surface area (Å²) in [5, 5.41) is 11.3. The number of halogens is 3. The molecule has 0 aliphatic carbocycles. The van der Waals surface area contributed by atoms with Crippen molar-refractivity contribution in [1.29, 1.82) is 5.26 Å². The second kappa shape index (κ2) is 5.37. The largest absolute Gasteiger partial charge is 0.350 e. The fourth-order valence-corrected chi connectivity index (χ4v) is 2.00. The Hall–Kier alpha value is -1.93. The number of hydrogen-bond donors (Lipinski definition) is 1. The molecule has 1 N–H and O–H groups in total. The minimum atomic E-state index is -0.801. The van der Waals surface area contributed by atoms with Gasteiger partial charge in [0.15, 0.2) is 11.6 Å². The molecule has 0 saturated carbocycles. The summed E-state index contributed by atoms with van der Waals surface area (Å²) >= 11 is 3.36. The topological polar surface area (TPSA) is 35.8 Å². The summed E-state index contributed by atoms with van der Waals surface area (Å²) in [6.45, 7) is 1.88. The van der Waals surface area contributed by atoms with Crippen LogP contribution in [0, 0.1) is 29.9 Å². The third kappa shape index (κ3) is 2.74. The van der Waals surface area contributed by atoms with E-state index < -0.39 is 11.6 Å². The lowest BCUT2D eigenvalue weighted by atomic mass is 10.1. The van der Waals surface area contributed by atoms with Gasteiger partial charge in [0.05, 0.1) is 17.3 Å². The van der Waals surface area contributed by atoms with Crippen LogP contribution in [0.1, 0.15) is 11.1 Å². The SMILES string of the molecule is Cc1cccc(Nc2c(F)cc(C#N)cc2F)c1Br. The Kier molecular flexibility index (Phi) is 3.82. The van der Waals surface area contributed by atoms with Gasteiger partial charge in [-0.2, -0.15) is 5.26 Å². The van der Waals surface area contributed by atoms with Crippen molar-refractivity contribution in [2.75, 3.05) is 5.32 Å². The predicted octanol–water partition coefficient (Wildman–Crippen LogP) is 4.65. The fourth-order valence-electron chi connectivity index (χ4n) is 1.64. The molecule has 5 heteroatoms. The van der Waals surface area contributed by atoms with Gasteiger partial charge >= 0.3 is 0 Å². The lowest BCUT2D eigenvalue weighted by Crippen LogP contribution is -1.99. The highest BCUT2D eigenvalue weighted by Crippen LogP contribution is 2.31. The molecule has 0 aromatic heterocycles. The maximum atomic E-state index is 13.7. The van der Waals surface area contributed by atoms with E-state index in [1.54, 1.807) is 18.2 Å². The van der Waals surface area contributed by atoms with Crippen molar-refractivity contribution >= 4 is 27.3 Å². The highest BCUT2D eigenvalue weighted by Gasteiger charge is 2.13. The molecule has 0 heterocycles. The van der Waals surface area contributed by atoms with Crippen molar-refractivity contribution < 1.29 is 8.78 Å². The van der Waals surface area contributed by atoms with E-state index in [0.29, 0.717) is 5.69 Å². The summed E-state index contributed by atoms with van der Waals surface area (Å²) in [4.78, 5) is 0. The van der Waals surface area contributed by atoms with Crippen molar-refractivity contribution in [2.45, 2.75) is 6.92 Å². The normalized spacial score (nSPS) is 10.1. The molecule has 0 aliphatic heterocycles. The zero-order valence-corrected chi connectivity index (χ0v) is 11.6. The third-order valence-corrected chi connectivity index (χ3v) is 3.68. The second-order valence-corrected chi connectivity index (χ2v) is 4.78. The number of benzene rings is 2. The fraction of sp³-hybridized carbons (Fsp3) is 0.0714. The van der Waals surface area contributed by atoms with Gasteiger partial charge in [-0.25, -0.2) is 8.78 Å². The smallest absolute Gasteiger partial charge is 0.150 e. The molecule has 0 atom stereocenters. The van der Waals surface area contributed by atoms with Gasteiger partial charge in [-0.15, -0.1) is 0 Å². The number of nitriles is 1. The standard InChI is InChI=1S/C14H9BrF2N2/c1-8-3-2-4-12(13(8)15)19-14-10(16)5-9(7-18)6-11(14)17/h2-6,19H,1H3. The van der Waals surface area contributed by atoms with Crippen molar-refractivity contribution in [2.24, 2.45) is 0 Å². The molecule has 2 aromatic rings. The number of aryl methyl sites for hydroxylation is 1. The van der Waals surface area contributed by atoms with Gasteiger partial charge < -0.3 is 5.32 Å². The Labute approximate surface area is 117 Å². The minimum absolute atomic E-state index is 0.0520. The molecule has 0 radical (unpaired) electrons. The highest BCUT2D eigenvalue weighted by atomic mass is 79.9. The number of rotatable bonds is 2. The van der Waals surface area contributed by atoms with Gasteiger partial charge in [-0.3, -0.25) is 0 Å². The molecule has 0 aliphatic rings. The van der Waals surface area contributed by atoms with E-state index in [1.807, 2.05) is 13.0 Å². The number of nitrogens with one attached hydrogen (secondary N) is 1. The van der Waals surface area contributed by atoms with E-state index in [1.165, 1.54) is 0 Å². The van der Waals surface area contributed by atoms with Crippen molar-refractivity contribution in [3.05, 3.63) is 57.6 Å². The summed E-state index contributed by atoms with van der Waals surface area (Å²) in [6.07, 6.45) is 0. The quantitative estimate of drug-likeness (QED) is 0.873. The monoisotopic (exact) mass is 322 g/mol. The molecule has 0 spiro atoms. The average Bonchev–Trinajstić information content (AvgIpc) is 2.38.